The highest BCUT2D eigenvalue weighted by Crippen LogP contribution is 2.31. The van der Waals surface area contributed by atoms with E-state index in [1.165, 1.54) is 6.07 Å². The van der Waals surface area contributed by atoms with Gasteiger partial charge < -0.3 is 16.2 Å². The fourth-order valence-corrected chi connectivity index (χ4v) is 2.12. The lowest BCUT2D eigenvalue weighted by atomic mass is 10.1. The maximum Gasteiger partial charge on any atom is 0.248 e. The Hall–Kier alpha value is -1.91. The standard InChI is InChI=1S/C14H12Cl2N2O2/c15-10-2-1-3-12(17)13(10)20-7-9-5-4-8(14(18)19)6-11(9)16/h1-6H,7,17H2,(H2,18,19). The lowest BCUT2D eigenvalue weighted by Crippen LogP contribution is -2.11. The number of hydrogen-bond donors (Lipinski definition) is 2. The molecule has 0 atom stereocenters. The SMILES string of the molecule is NC(=O)c1ccc(COc2c(N)cccc2Cl)c(Cl)c1. The van der Waals surface area contributed by atoms with Gasteiger partial charge in [-0.15, -0.1) is 0 Å². The highest BCUT2D eigenvalue weighted by molar-refractivity contribution is 6.32. The van der Waals surface area contributed by atoms with Crippen LogP contribution in [-0.4, -0.2) is 5.91 Å². The highest BCUT2D eigenvalue weighted by atomic mass is 35.5. The van der Waals surface area contributed by atoms with Crippen molar-refractivity contribution in [2.45, 2.75) is 6.61 Å². The number of benzene rings is 2. The lowest BCUT2D eigenvalue weighted by Gasteiger charge is -2.11. The molecule has 0 unspecified atom stereocenters. The van der Waals surface area contributed by atoms with Crippen molar-refractivity contribution in [1.82, 2.24) is 0 Å². The molecule has 1 amide bonds. The molecule has 0 fully saturated rings. The fourth-order valence-electron chi connectivity index (χ4n) is 1.65. The summed E-state index contributed by atoms with van der Waals surface area (Å²) < 4.78 is 5.58. The van der Waals surface area contributed by atoms with E-state index in [4.69, 9.17) is 39.4 Å². The first-order valence-corrected chi connectivity index (χ1v) is 6.49. The van der Waals surface area contributed by atoms with Crippen molar-refractivity contribution in [1.29, 1.82) is 0 Å². The second kappa shape index (κ2) is 6.03. The van der Waals surface area contributed by atoms with Crippen molar-refractivity contribution in [2.24, 2.45) is 5.73 Å². The maximum absolute atomic E-state index is 11.0. The largest absolute Gasteiger partial charge is 0.485 e. The average molecular weight is 311 g/mol. The van der Waals surface area contributed by atoms with Crippen LogP contribution in [0, 0.1) is 0 Å². The predicted octanol–water partition coefficient (Wildman–Crippen LogP) is 3.25. The molecule has 0 aliphatic heterocycles. The molecule has 6 heteroatoms. The quantitative estimate of drug-likeness (QED) is 0.851. The summed E-state index contributed by atoms with van der Waals surface area (Å²) in [6.07, 6.45) is 0. The van der Waals surface area contributed by atoms with Crippen LogP contribution in [0.5, 0.6) is 5.75 Å². The maximum atomic E-state index is 11.0. The van der Waals surface area contributed by atoms with E-state index in [1.807, 2.05) is 0 Å². The van der Waals surface area contributed by atoms with Crippen LogP contribution in [0.1, 0.15) is 15.9 Å². The van der Waals surface area contributed by atoms with E-state index in [0.29, 0.717) is 32.6 Å². The molecule has 0 heterocycles. The molecule has 2 rings (SSSR count). The van der Waals surface area contributed by atoms with Crippen LogP contribution in [0.4, 0.5) is 5.69 Å². The normalized spacial score (nSPS) is 10.3. The van der Waals surface area contributed by atoms with E-state index in [1.54, 1.807) is 30.3 Å². The van der Waals surface area contributed by atoms with E-state index < -0.39 is 5.91 Å². The van der Waals surface area contributed by atoms with E-state index >= 15 is 0 Å². The monoisotopic (exact) mass is 310 g/mol. The van der Waals surface area contributed by atoms with Crippen LogP contribution >= 0.6 is 23.2 Å². The van der Waals surface area contributed by atoms with Crippen LogP contribution in [0.2, 0.25) is 10.0 Å². The first kappa shape index (κ1) is 14.5. The molecule has 2 aromatic carbocycles. The van der Waals surface area contributed by atoms with Crippen molar-refractivity contribution >= 4 is 34.8 Å². The molecule has 0 saturated carbocycles. The third-order valence-electron chi connectivity index (χ3n) is 2.71. The zero-order valence-electron chi connectivity index (χ0n) is 10.4. The van der Waals surface area contributed by atoms with Crippen molar-refractivity contribution in [3.8, 4) is 5.75 Å². The number of rotatable bonds is 4. The topological polar surface area (TPSA) is 78.3 Å². The minimum atomic E-state index is -0.533. The van der Waals surface area contributed by atoms with Gasteiger partial charge in [0.1, 0.15) is 6.61 Å². The molecular formula is C14H12Cl2N2O2. The van der Waals surface area contributed by atoms with Gasteiger partial charge in [-0.2, -0.15) is 0 Å². The summed E-state index contributed by atoms with van der Waals surface area (Å²) in [5, 5.41) is 0.821. The van der Waals surface area contributed by atoms with Crippen molar-refractivity contribution in [3.05, 3.63) is 57.6 Å². The Morgan fingerprint density at radius 3 is 2.50 bits per heavy atom. The van der Waals surface area contributed by atoms with Gasteiger partial charge in [-0.1, -0.05) is 35.3 Å². The first-order valence-electron chi connectivity index (χ1n) is 5.74. The Kier molecular flexibility index (Phi) is 4.37. The number of para-hydroxylation sites is 1. The average Bonchev–Trinajstić information content (AvgIpc) is 2.39. The summed E-state index contributed by atoms with van der Waals surface area (Å²) in [5.41, 5.74) is 12.5. The third kappa shape index (κ3) is 3.15. The minimum absolute atomic E-state index is 0.186. The molecule has 0 aliphatic rings. The molecule has 4 nitrogen and oxygen atoms in total. The Morgan fingerprint density at radius 1 is 1.15 bits per heavy atom. The molecule has 0 aromatic heterocycles. The molecule has 4 N–H and O–H groups in total. The van der Waals surface area contributed by atoms with Gasteiger partial charge in [0.25, 0.3) is 0 Å². The molecule has 0 aliphatic carbocycles. The molecule has 104 valence electrons. The van der Waals surface area contributed by atoms with Gasteiger partial charge in [0.05, 0.1) is 10.7 Å². The Balaban J connectivity index is 2.17. The molecule has 0 bridgehead atoms. The number of hydrogen-bond acceptors (Lipinski definition) is 3. The number of nitrogen functional groups attached to an aromatic ring is 1. The third-order valence-corrected chi connectivity index (χ3v) is 3.36. The van der Waals surface area contributed by atoms with E-state index in [0.717, 1.165) is 0 Å². The predicted molar refractivity (Wildman–Crippen MR) is 80.2 cm³/mol. The number of nitrogens with two attached hydrogens (primary N) is 2. The summed E-state index contributed by atoms with van der Waals surface area (Å²) in [6.45, 7) is 0.186. The summed E-state index contributed by atoms with van der Waals surface area (Å²) >= 11 is 12.1. The smallest absolute Gasteiger partial charge is 0.248 e. The number of anilines is 1. The lowest BCUT2D eigenvalue weighted by molar-refractivity contribution is 0.1000. The van der Waals surface area contributed by atoms with Crippen molar-refractivity contribution in [2.75, 3.05) is 5.73 Å². The van der Waals surface area contributed by atoms with Gasteiger partial charge in [-0.05, 0) is 24.3 Å². The van der Waals surface area contributed by atoms with E-state index in [-0.39, 0.29) is 6.61 Å². The Morgan fingerprint density at radius 2 is 1.90 bits per heavy atom. The number of carbonyl (C=O) groups is 1. The van der Waals surface area contributed by atoms with Crippen LogP contribution in [0.25, 0.3) is 0 Å². The zero-order chi connectivity index (χ0) is 14.7. The van der Waals surface area contributed by atoms with Gasteiger partial charge in [0, 0.05) is 16.1 Å². The van der Waals surface area contributed by atoms with Crippen LogP contribution in [0.15, 0.2) is 36.4 Å². The zero-order valence-corrected chi connectivity index (χ0v) is 11.9. The van der Waals surface area contributed by atoms with Crippen LogP contribution < -0.4 is 16.2 Å². The Labute approximate surface area is 126 Å². The molecule has 0 spiro atoms. The summed E-state index contributed by atoms with van der Waals surface area (Å²) in [7, 11) is 0. The molecule has 0 saturated heterocycles. The van der Waals surface area contributed by atoms with Gasteiger partial charge in [-0.25, -0.2) is 0 Å². The molecule has 20 heavy (non-hydrogen) atoms. The van der Waals surface area contributed by atoms with Crippen molar-refractivity contribution < 1.29 is 9.53 Å². The highest BCUT2D eigenvalue weighted by Gasteiger charge is 2.09. The summed E-state index contributed by atoms with van der Waals surface area (Å²) in [4.78, 5) is 11.0. The van der Waals surface area contributed by atoms with Crippen molar-refractivity contribution in [3.63, 3.8) is 0 Å². The number of primary amides is 1. The first-order chi connectivity index (χ1) is 9.49. The summed E-state index contributed by atoms with van der Waals surface area (Å²) in [5.74, 6) is -0.126. The van der Waals surface area contributed by atoms with Crippen LogP contribution in [0.3, 0.4) is 0 Å². The molecular weight excluding hydrogens is 299 g/mol. The van der Waals surface area contributed by atoms with Gasteiger partial charge in [0.2, 0.25) is 5.91 Å². The van der Waals surface area contributed by atoms with Gasteiger partial charge in [0.15, 0.2) is 5.75 Å². The Bertz CT molecular complexity index is 639. The number of carbonyl (C=O) groups excluding carboxylic acids is 1. The van der Waals surface area contributed by atoms with E-state index in [2.05, 4.69) is 0 Å². The fraction of sp³-hybridized carbons (Fsp3) is 0.0714. The number of halogens is 2. The van der Waals surface area contributed by atoms with Crippen LogP contribution in [-0.2, 0) is 6.61 Å². The van der Waals surface area contributed by atoms with Gasteiger partial charge >= 0.3 is 0 Å². The molecule has 0 radical (unpaired) electrons. The second-order valence-corrected chi connectivity index (χ2v) is 4.93. The summed E-state index contributed by atoms with van der Waals surface area (Å²) in [6, 6.07) is 9.88. The number of amides is 1. The minimum Gasteiger partial charge on any atom is -0.485 e. The van der Waals surface area contributed by atoms with Gasteiger partial charge in [-0.3, -0.25) is 4.79 Å². The second-order valence-electron chi connectivity index (χ2n) is 4.12. The number of ether oxygens (including phenoxy) is 1. The van der Waals surface area contributed by atoms with E-state index in [9.17, 15) is 4.79 Å². The molecule has 2 aromatic rings.